The van der Waals surface area contributed by atoms with Crippen LogP contribution in [-0.4, -0.2) is 74.3 Å². The Hall–Kier alpha value is -3.07. The van der Waals surface area contributed by atoms with Gasteiger partial charge in [-0.15, -0.1) is 0 Å². The standard InChI is InChI=1S/C57H99N2O7P/c1-7-10-13-16-19-22-25-28-29-30-32-34-37-40-43-46-49-56(60)58-54(53-65-67(62,63)64-52-51-59(4,5)6)55(48-45-42-39-36-33-27-24-21-18-15-12-9-3)66-57(61)50-47-44-41-38-35-31-26-23-20-17-14-11-8-2/h10-11,13-14,17,19-20,22-23,26,28-29,32,34,45,48,54-55H,7-9,12,15-16,18,21,24-25,27,30-31,33,35-44,46-47,49-53H2,1-6H3,(H-,58,60,62,63)/p+1/b13-10+,14-11+,20-17+,22-19+,26-23-,29-28+,34-32+,48-45+. The smallest absolute Gasteiger partial charge is 0.456 e. The van der Waals surface area contributed by atoms with Gasteiger partial charge in [-0.25, -0.2) is 4.57 Å². The zero-order chi connectivity index (χ0) is 49.4. The zero-order valence-corrected chi connectivity index (χ0v) is 44.5. The van der Waals surface area contributed by atoms with Crippen molar-refractivity contribution in [1.82, 2.24) is 5.32 Å². The number of phosphoric acid groups is 1. The van der Waals surface area contributed by atoms with Gasteiger partial charge < -0.3 is 19.4 Å². The van der Waals surface area contributed by atoms with Gasteiger partial charge >= 0.3 is 13.8 Å². The van der Waals surface area contributed by atoms with Crippen molar-refractivity contribution in [2.24, 2.45) is 0 Å². The highest BCUT2D eigenvalue weighted by Crippen LogP contribution is 2.43. The number of likely N-dealkylation sites (N-methyl/N-ethyl adjacent to an activating group) is 1. The quantitative estimate of drug-likeness (QED) is 0.0156. The van der Waals surface area contributed by atoms with Crippen molar-refractivity contribution in [2.75, 3.05) is 40.9 Å². The minimum Gasteiger partial charge on any atom is -0.456 e. The van der Waals surface area contributed by atoms with Crippen molar-refractivity contribution in [1.29, 1.82) is 0 Å². The molecule has 3 atom stereocenters. The van der Waals surface area contributed by atoms with Crippen molar-refractivity contribution >= 4 is 19.7 Å². The lowest BCUT2D eigenvalue weighted by Crippen LogP contribution is -2.47. The molecular formula is C57H100N2O7P+. The van der Waals surface area contributed by atoms with Gasteiger partial charge in [-0.3, -0.25) is 18.6 Å². The summed E-state index contributed by atoms with van der Waals surface area (Å²) in [5, 5.41) is 3.01. The summed E-state index contributed by atoms with van der Waals surface area (Å²) in [6, 6.07) is -0.877. The first-order valence-corrected chi connectivity index (χ1v) is 28.1. The lowest BCUT2D eigenvalue weighted by Gasteiger charge is -2.27. The zero-order valence-electron chi connectivity index (χ0n) is 43.6. The van der Waals surface area contributed by atoms with Crippen LogP contribution in [0.5, 0.6) is 0 Å². The van der Waals surface area contributed by atoms with Gasteiger partial charge in [-0.2, -0.15) is 0 Å². The second kappa shape index (κ2) is 46.6. The number of carbonyl (C=O) groups is 2. The van der Waals surface area contributed by atoms with E-state index in [9.17, 15) is 19.0 Å². The van der Waals surface area contributed by atoms with Gasteiger partial charge in [-0.1, -0.05) is 195 Å². The monoisotopic (exact) mass is 956 g/mol. The number of nitrogens with zero attached hydrogens (tertiary/aromatic N) is 1. The summed E-state index contributed by atoms with van der Waals surface area (Å²) in [7, 11) is 1.44. The number of esters is 1. The van der Waals surface area contributed by atoms with Gasteiger partial charge in [0, 0.05) is 12.8 Å². The summed E-state index contributed by atoms with van der Waals surface area (Å²) < 4.78 is 30.5. The number of unbranched alkanes of at least 4 members (excludes halogenated alkanes) is 18. The molecule has 67 heavy (non-hydrogen) atoms. The van der Waals surface area contributed by atoms with Gasteiger partial charge in [0.1, 0.15) is 19.3 Å². The second-order valence-electron chi connectivity index (χ2n) is 18.7. The Kier molecular flexibility index (Phi) is 44.5. The normalized spacial score (nSPS) is 14.7. The van der Waals surface area contributed by atoms with Crippen LogP contribution in [0.25, 0.3) is 0 Å². The van der Waals surface area contributed by atoms with E-state index in [0.29, 0.717) is 23.9 Å². The molecule has 384 valence electrons. The maximum absolute atomic E-state index is 13.4. The van der Waals surface area contributed by atoms with Gasteiger partial charge in [0.05, 0.1) is 33.8 Å². The van der Waals surface area contributed by atoms with Gasteiger partial charge in [0.25, 0.3) is 0 Å². The Morgan fingerprint density at radius 2 is 1.03 bits per heavy atom. The summed E-state index contributed by atoms with van der Waals surface area (Å²) in [6.07, 6.45) is 61.2. The molecule has 0 bridgehead atoms. The largest absolute Gasteiger partial charge is 0.472 e. The maximum Gasteiger partial charge on any atom is 0.472 e. The third kappa shape index (κ3) is 47.8. The molecule has 0 aliphatic carbocycles. The molecule has 0 saturated carbocycles. The Labute approximate surface area is 411 Å². The molecule has 10 heteroatoms. The van der Waals surface area contributed by atoms with Crippen LogP contribution in [0, 0.1) is 0 Å². The van der Waals surface area contributed by atoms with Crippen molar-refractivity contribution < 1.29 is 37.3 Å². The van der Waals surface area contributed by atoms with Crippen molar-refractivity contribution in [3.63, 3.8) is 0 Å². The minimum absolute atomic E-state index is 0.0252. The highest BCUT2D eigenvalue weighted by Gasteiger charge is 2.30. The summed E-state index contributed by atoms with van der Waals surface area (Å²) >= 11 is 0. The number of carbonyl (C=O) groups excluding carboxylic acids is 2. The number of phosphoric ester groups is 1. The summed E-state index contributed by atoms with van der Waals surface area (Å²) in [4.78, 5) is 37.4. The molecule has 0 rings (SSSR count). The van der Waals surface area contributed by atoms with Crippen LogP contribution in [0.1, 0.15) is 201 Å². The van der Waals surface area contributed by atoms with Crippen LogP contribution in [0.15, 0.2) is 97.2 Å². The molecule has 1 amide bonds. The molecule has 0 aromatic heterocycles. The second-order valence-corrected chi connectivity index (χ2v) is 20.1. The molecule has 0 spiro atoms. The Balaban J connectivity index is 5.51. The number of allylic oxidation sites excluding steroid dienone is 15. The average Bonchev–Trinajstić information content (AvgIpc) is 3.28. The maximum atomic E-state index is 13.4. The van der Waals surface area contributed by atoms with E-state index >= 15 is 0 Å². The van der Waals surface area contributed by atoms with E-state index in [-0.39, 0.29) is 37.9 Å². The number of ether oxygens (including phenoxy) is 1. The summed E-state index contributed by atoms with van der Waals surface area (Å²) in [5.41, 5.74) is 0. The highest BCUT2D eigenvalue weighted by atomic mass is 31.2. The minimum atomic E-state index is -4.46. The van der Waals surface area contributed by atoms with Crippen LogP contribution >= 0.6 is 7.82 Å². The molecule has 0 aromatic rings. The molecule has 0 aliphatic heterocycles. The number of hydrogen-bond acceptors (Lipinski definition) is 6. The van der Waals surface area contributed by atoms with Crippen molar-refractivity contribution in [3.05, 3.63) is 97.2 Å². The van der Waals surface area contributed by atoms with E-state index in [2.05, 4.69) is 105 Å². The van der Waals surface area contributed by atoms with E-state index in [1.54, 1.807) is 0 Å². The van der Waals surface area contributed by atoms with Crippen LogP contribution in [0.4, 0.5) is 0 Å². The fourth-order valence-corrected chi connectivity index (χ4v) is 7.72. The predicted molar refractivity (Wildman–Crippen MR) is 286 cm³/mol. The first-order chi connectivity index (χ1) is 32.4. The van der Waals surface area contributed by atoms with Gasteiger partial charge in [0.2, 0.25) is 5.91 Å². The summed E-state index contributed by atoms with van der Waals surface area (Å²) in [5.74, 6) is -0.575. The van der Waals surface area contributed by atoms with Crippen LogP contribution in [-0.2, 0) is 27.9 Å². The Morgan fingerprint density at radius 1 is 0.552 bits per heavy atom. The molecular weight excluding hydrogens is 856 g/mol. The number of hydrogen-bond donors (Lipinski definition) is 2. The van der Waals surface area contributed by atoms with E-state index < -0.39 is 20.0 Å². The third-order valence-corrected chi connectivity index (χ3v) is 12.1. The molecule has 3 unspecified atom stereocenters. The highest BCUT2D eigenvalue weighted by molar-refractivity contribution is 7.47. The molecule has 0 radical (unpaired) electrons. The molecule has 0 heterocycles. The molecule has 0 aliphatic rings. The van der Waals surface area contributed by atoms with Crippen LogP contribution < -0.4 is 5.32 Å². The average molecular weight is 956 g/mol. The molecule has 2 N–H and O–H groups in total. The SMILES string of the molecule is CC/C=C/C=C/C=C\CCCCCCCC(=O)OC(/C=C/CCCCCCCCCCCC)C(COP(=O)(O)OCC[N+](C)(C)C)NC(=O)CCCCC/C=C/C/C=C/C/C=C/C/C=C/CC. The fourth-order valence-electron chi connectivity index (χ4n) is 6.99. The first kappa shape index (κ1) is 63.9. The van der Waals surface area contributed by atoms with E-state index in [4.69, 9.17) is 13.8 Å². The number of rotatable bonds is 46. The lowest BCUT2D eigenvalue weighted by molar-refractivity contribution is -0.870. The predicted octanol–water partition coefficient (Wildman–Crippen LogP) is 15.7. The van der Waals surface area contributed by atoms with E-state index in [1.807, 2.05) is 39.4 Å². The number of amides is 1. The number of quaternary nitrogens is 1. The summed E-state index contributed by atoms with van der Waals surface area (Å²) in [6.45, 7) is 6.69. The fraction of sp³-hybridized carbons (Fsp3) is 0.684. The Morgan fingerprint density at radius 3 is 1.61 bits per heavy atom. The van der Waals surface area contributed by atoms with E-state index in [1.165, 1.54) is 51.4 Å². The topological polar surface area (TPSA) is 111 Å². The van der Waals surface area contributed by atoms with Gasteiger partial charge in [0.15, 0.2) is 0 Å². The van der Waals surface area contributed by atoms with Crippen molar-refractivity contribution in [3.8, 4) is 0 Å². The molecule has 0 aromatic carbocycles. The molecule has 0 saturated heterocycles. The van der Waals surface area contributed by atoms with Gasteiger partial charge in [-0.05, 0) is 89.5 Å². The lowest BCUT2D eigenvalue weighted by atomic mass is 10.1. The third-order valence-electron chi connectivity index (χ3n) is 11.1. The molecule has 9 nitrogen and oxygen atoms in total. The molecule has 0 fully saturated rings. The van der Waals surface area contributed by atoms with Crippen LogP contribution in [0.3, 0.4) is 0 Å². The number of nitrogens with one attached hydrogen (secondary N) is 1. The Bertz CT molecular complexity index is 1470. The van der Waals surface area contributed by atoms with Crippen LogP contribution in [0.2, 0.25) is 0 Å². The van der Waals surface area contributed by atoms with E-state index in [0.717, 1.165) is 103 Å². The first-order valence-electron chi connectivity index (χ1n) is 26.6. The van der Waals surface area contributed by atoms with Crippen molar-refractivity contribution in [2.45, 2.75) is 213 Å².